The molecule has 0 aromatic rings. The first kappa shape index (κ1) is 11.1. The van der Waals surface area contributed by atoms with Gasteiger partial charge in [-0.25, -0.2) is 0 Å². The summed E-state index contributed by atoms with van der Waals surface area (Å²) >= 11 is 0. The highest BCUT2D eigenvalue weighted by molar-refractivity contribution is 4.85. The number of rotatable bonds is 2. The van der Waals surface area contributed by atoms with E-state index >= 15 is 0 Å². The minimum absolute atomic E-state index is 0.538. The molecular weight excluding hydrogens is 156 g/mol. The van der Waals surface area contributed by atoms with Gasteiger partial charge in [0, 0.05) is 0 Å². The topological polar surface area (TPSA) is 0 Å². The van der Waals surface area contributed by atoms with Crippen molar-refractivity contribution in [1.82, 2.24) is 0 Å². The zero-order valence-electron chi connectivity index (χ0n) is 10.1. The van der Waals surface area contributed by atoms with Crippen molar-refractivity contribution in [3.05, 3.63) is 0 Å². The molecule has 0 nitrogen and oxygen atoms in total. The van der Waals surface area contributed by atoms with Crippen molar-refractivity contribution in [3.63, 3.8) is 0 Å². The molecular formula is C13H26. The van der Waals surface area contributed by atoms with Crippen LogP contribution in [-0.2, 0) is 0 Å². The third-order valence-corrected chi connectivity index (χ3v) is 3.55. The molecule has 13 heavy (non-hydrogen) atoms. The maximum Gasteiger partial charge on any atom is -0.0337 e. The predicted molar refractivity (Wildman–Crippen MR) is 59.7 cm³/mol. The molecule has 0 N–H and O–H groups in total. The second-order valence-corrected chi connectivity index (χ2v) is 6.29. The van der Waals surface area contributed by atoms with Gasteiger partial charge in [-0.05, 0) is 36.0 Å². The third-order valence-electron chi connectivity index (χ3n) is 3.55. The van der Waals surface area contributed by atoms with Crippen LogP contribution in [0.3, 0.4) is 0 Å². The second-order valence-electron chi connectivity index (χ2n) is 6.29. The van der Waals surface area contributed by atoms with Crippen molar-refractivity contribution in [3.8, 4) is 0 Å². The Hall–Kier alpha value is 0. The van der Waals surface area contributed by atoms with Crippen LogP contribution in [0.25, 0.3) is 0 Å². The van der Waals surface area contributed by atoms with Gasteiger partial charge >= 0.3 is 0 Å². The van der Waals surface area contributed by atoms with E-state index in [-0.39, 0.29) is 0 Å². The van der Waals surface area contributed by atoms with Gasteiger partial charge in [0.25, 0.3) is 0 Å². The second kappa shape index (κ2) is 4.02. The van der Waals surface area contributed by atoms with E-state index in [1.165, 1.54) is 25.7 Å². The zero-order valence-corrected chi connectivity index (χ0v) is 10.1. The van der Waals surface area contributed by atoms with Gasteiger partial charge in [0.15, 0.2) is 0 Å². The lowest BCUT2D eigenvalue weighted by Gasteiger charge is -2.33. The molecule has 2 unspecified atom stereocenters. The third kappa shape index (κ3) is 3.00. The molecule has 0 heterocycles. The standard InChI is InChI=1S/C13H26/c1-10(2)9-11-7-6-8-12(11)13(3,4)5/h10-12H,6-9H2,1-5H3. The number of hydrogen-bond acceptors (Lipinski definition) is 0. The lowest BCUT2D eigenvalue weighted by Crippen LogP contribution is -2.24. The van der Waals surface area contributed by atoms with Crippen molar-refractivity contribution in [2.24, 2.45) is 23.2 Å². The van der Waals surface area contributed by atoms with Gasteiger partial charge in [0.1, 0.15) is 0 Å². The minimum atomic E-state index is 0.538. The molecule has 1 rings (SSSR count). The summed E-state index contributed by atoms with van der Waals surface area (Å²) in [7, 11) is 0. The normalized spacial score (nSPS) is 30.0. The van der Waals surface area contributed by atoms with Crippen LogP contribution >= 0.6 is 0 Å². The van der Waals surface area contributed by atoms with Crippen molar-refractivity contribution in [2.45, 2.75) is 60.3 Å². The Kier molecular flexibility index (Phi) is 3.43. The van der Waals surface area contributed by atoms with E-state index in [4.69, 9.17) is 0 Å². The molecule has 0 amide bonds. The summed E-state index contributed by atoms with van der Waals surface area (Å²) in [6.45, 7) is 12.0. The van der Waals surface area contributed by atoms with Gasteiger partial charge in [-0.15, -0.1) is 0 Å². The van der Waals surface area contributed by atoms with E-state index < -0.39 is 0 Å². The molecule has 0 bridgehead atoms. The van der Waals surface area contributed by atoms with E-state index in [2.05, 4.69) is 34.6 Å². The summed E-state index contributed by atoms with van der Waals surface area (Å²) in [5.74, 6) is 2.88. The molecule has 2 atom stereocenters. The van der Waals surface area contributed by atoms with Crippen LogP contribution in [0.1, 0.15) is 60.3 Å². The zero-order chi connectivity index (χ0) is 10.1. The fourth-order valence-electron chi connectivity index (χ4n) is 3.06. The maximum atomic E-state index is 2.41. The van der Waals surface area contributed by atoms with Crippen LogP contribution in [0, 0.1) is 23.2 Å². The summed E-state index contributed by atoms with van der Waals surface area (Å²) in [6.07, 6.45) is 5.88. The molecule has 0 aromatic carbocycles. The summed E-state index contributed by atoms with van der Waals surface area (Å²) in [4.78, 5) is 0. The first-order valence-corrected chi connectivity index (χ1v) is 5.91. The summed E-state index contributed by atoms with van der Waals surface area (Å²) in [5.41, 5.74) is 0.538. The lowest BCUT2D eigenvalue weighted by molar-refractivity contribution is 0.168. The summed E-state index contributed by atoms with van der Waals surface area (Å²) in [5, 5.41) is 0. The Morgan fingerprint density at radius 2 is 1.77 bits per heavy atom. The van der Waals surface area contributed by atoms with Crippen LogP contribution in [0.15, 0.2) is 0 Å². The fourth-order valence-corrected chi connectivity index (χ4v) is 3.06. The quantitative estimate of drug-likeness (QED) is 0.590. The summed E-state index contributed by atoms with van der Waals surface area (Å²) in [6, 6.07) is 0. The van der Waals surface area contributed by atoms with E-state index in [0.29, 0.717) is 5.41 Å². The van der Waals surface area contributed by atoms with E-state index in [1.807, 2.05) is 0 Å². The van der Waals surface area contributed by atoms with Crippen LogP contribution in [0.5, 0.6) is 0 Å². The highest BCUT2D eigenvalue weighted by atomic mass is 14.4. The van der Waals surface area contributed by atoms with Crippen LogP contribution in [0.4, 0.5) is 0 Å². The predicted octanol–water partition coefficient (Wildman–Crippen LogP) is 4.49. The van der Waals surface area contributed by atoms with Gasteiger partial charge < -0.3 is 0 Å². The van der Waals surface area contributed by atoms with E-state index in [9.17, 15) is 0 Å². The lowest BCUT2D eigenvalue weighted by atomic mass is 9.72. The van der Waals surface area contributed by atoms with Gasteiger partial charge in [-0.3, -0.25) is 0 Å². The minimum Gasteiger partial charge on any atom is -0.0628 e. The highest BCUT2D eigenvalue weighted by Gasteiger charge is 2.35. The van der Waals surface area contributed by atoms with Crippen molar-refractivity contribution in [2.75, 3.05) is 0 Å². The van der Waals surface area contributed by atoms with Gasteiger partial charge in [-0.1, -0.05) is 47.5 Å². The molecule has 1 aliphatic rings. The molecule has 0 aromatic heterocycles. The van der Waals surface area contributed by atoms with E-state index in [0.717, 1.165) is 17.8 Å². The average molecular weight is 182 g/mol. The molecule has 0 aliphatic heterocycles. The summed E-state index contributed by atoms with van der Waals surface area (Å²) < 4.78 is 0. The average Bonchev–Trinajstić information content (AvgIpc) is 2.31. The SMILES string of the molecule is CC(C)CC1CCCC1C(C)(C)C. The molecule has 1 fully saturated rings. The molecule has 0 saturated heterocycles. The Morgan fingerprint density at radius 1 is 1.15 bits per heavy atom. The number of hydrogen-bond donors (Lipinski definition) is 0. The van der Waals surface area contributed by atoms with Gasteiger partial charge in [0.2, 0.25) is 0 Å². The molecule has 0 spiro atoms. The fraction of sp³-hybridized carbons (Fsp3) is 1.00. The molecule has 0 radical (unpaired) electrons. The molecule has 0 heteroatoms. The van der Waals surface area contributed by atoms with Crippen molar-refractivity contribution in [1.29, 1.82) is 0 Å². The van der Waals surface area contributed by atoms with Crippen LogP contribution < -0.4 is 0 Å². The first-order valence-electron chi connectivity index (χ1n) is 5.91. The Bertz CT molecular complexity index is 150. The van der Waals surface area contributed by atoms with Gasteiger partial charge in [-0.2, -0.15) is 0 Å². The van der Waals surface area contributed by atoms with E-state index in [1.54, 1.807) is 0 Å². The van der Waals surface area contributed by atoms with Gasteiger partial charge in [0.05, 0.1) is 0 Å². The smallest absolute Gasteiger partial charge is 0.0337 e. The Morgan fingerprint density at radius 3 is 2.23 bits per heavy atom. The van der Waals surface area contributed by atoms with Crippen LogP contribution in [-0.4, -0.2) is 0 Å². The van der Waals surface area contributed by atoms with Crippen molar-refractivity contribution >= 4 is 0 Å². The first-order chi connectivity index (χ1) is 5.91. The Balaban J connectivity index is 2.54. The largest absolute Gasteiger partial charge is 0.0628 e. The molecule has 1 aliphatic carbocycles. The Labute approximate surface area is 84.1 Å². The highest BCUT2D eigenvalue weighted by Crippen LogP contribution is 2.45. The van der Waals surface area contributed by atoms with Crippen molar-refractivity contribution < 1.29 is 0 Å². The maximum absolute atomic E-state index is 2.41. The van der Waals surface area contributed by atoms with Crippen LogP contribution in [0.2, 0.25) is 0 Å². The monoisotopic (exact) mass is 182 g/mol. The molecule has 78 valence electrons. The molecule has 1 saturated carbocycles.